The second-order valence-corrected chi connectivity index (χ2v) is 4.32. The number of amides is 1. The Bertz CT molecular complexity index is 191. The molecule has 3 atom stereocenters. The first kappa shape index (κ1) is 10.5. The molecule has 76 valence electrons. The minimum Gasteiger partial charge on any atom is -0.341 e. The van der Waals surface area contributed by atoms with E-state index in [1.54, 1.807) is 6.92 Å². The smallest absolute Gasteiger partial charge is 0.239 e. The van der Waals surface area contributed by atoms with E-state index < -0.39 is 0 Å². The van der Waals surface area contributed by atoms with Gasteiger partial charge in [-0.1, -0.05) is 13.8 Å². The molecule has 1 rings (SSSR count). The van der Waals surface area contributed by atoms with Gasteiger partial charge in [0.05, 0.1) is 6.04 Å². The predicted octanol–water partition coefficient (Wildman–Crippen LogP) is 0.838. The van der Waals surface area contributed by atoms with Crippen molar-refractivity contribution in [3.05, 3.63) is 0 Å². The maximum Gasteiger partial charge on any atom is 0.239 e. The quantitative estimate of drug-likeness (QED) is 0.656. The molecule has 1 saturated heterocycles. The minimum absolute atomic E-state index is 0.0961. The van der Waals surface area contributed by atoms with Crippen molar-refractivity contribution in [2.24, 2.45) is 17.6 Å². The van der Waals surface area contributed by atoms with Crippen molar-refractivity contribution in [1.82, 2.24) is 4.90 Å². The zero-order chi connectivity index (χ0) is 10.0. The number of carbonyl (C=O) groups is 1. The second kappa shape index (κ2) is 4.09. The maximum atomic E-state index is 11.6. The number of hydrogen-bond acceptors (Lipinski definition) is 2. The third kappa shape index (κ3) is 2.44. The summed E-state index contributed by atoms with van der Waals surface area (Å²) >= 11 is 0. The number of nitrogens with two attached hydrogens (primary N) is 1. The van der Waals surface area contributed by atoms with E-state index in [0.717, 1.165) is 25.4 Å². The molecule has 0 aliphatic carbocycles. The fourth-order valence-corrected chi connectivity index (χ4v) is 1.75. The molecular formula is C10H20N2O. The number of hydrogen-bond donors (Lipinski definition) is 1. The molecule has 1 aliphatic rings. The van der Waals surface area contributed by atoms with Gasteiger partial charge in [0.25, 0.3) is 0 Å². The number of likely N-dealkylation sites (tertiary alicyclic amines) is 1. The van der Waals surface area contributed by atoms with Crippen molar-refractivity contribution in [3.8, 4) is 0 Å². The molecule has 0 aromatic carbocycles. The van der Waals surface area contributed by atoms with Gasteiger partial charge in [-0.05, 0) is 25.2 Å². The molecule has 13 heavy (non-hydrogen) atoms. The lowest BCUT2D eigenvalue weighted by atomic mass is 9.88. The van der Waals surface area contributed by atoms with E-state index in [1.807, 2.05) is 4.90 Å². The topological polar surface area (TPSA) is 46.3 Å². The van der Waals surface area contributed by atoms with E-state index in [9.17, 15) is 4.79 Å². The van der Waals surface area contributed by atoms with Crippen molar-refractivity contribution in [1.29, 1.82) is 0 Å². The molecule has 2 N–H and O–H groups in total. The fraction of sp³-hybridized carbons (Fsp3) is 0.900. The summed E-state index contributed by atoms with van der Waals surface area (Å²) in [5, 5.41) is 0. The molecule has 0 bridgehead atoms. The summed E-state index contributed by atoms with van der Waals surface area (Å²) < 4.78 is 0. The largest absolute Gasteiger partial charge is 0.341 e. The van der Waals surface area contributed by atoms with Crippen LogP contribution in [0.5, 0.6) is 0 Å². The summed E-state index contributed by atoms with van der Waals surface area (Å²) in [6, 6.07) is -0.347. The Morgan fingerprint density at radius 3 is 2.54 bits per heavy atom. The van der Waals surface area contributed by atoms with Crippen molar-refractivity contribution < 1.29 is 4.79 Å². The first-order chi connectivity index (χ1) is 6.02. The summed E-state index contributed by atoms with van der Waals surface area (Å²) in [5.41, 5.74) is 5.56. The monoisotopic (exact) mass is 184 g/mol. The van der Waals surface area contributed by atoms with Gasteiger partial charge in [0.1, 0.15) is 0 Å². The van der Waals surface area contributed by atoms with Crippen LogP contribution >= 0.6 is 0 Å². The first-order valence-corrected chi connectivity index (χ1v) is 5.06. The third-order valence-electron chi connectivity index (χ3n) is 3.04. The molecule has 1 aliphatic heterocycles. The third-order valence-corrected chi connectivity index (χ3v) is 3.04. The Balaban J connectivity index is 2.50. The highest BCUT2D eigenvalue weighted by Crippen LogP contribution is 2.22. The molecular weight excluding hydrogens is 164 g/mol. The predicted molar refractivity (Wildman–Crippen MR) is 53.2 cm³/mol. The first-order valence-electron chi connectivity index (χ1n) is 5.06. The molecule has 0 spiro atoms. The van der Waals surface area contributed by atoms with E-state index >= 15 is 0 Å². The number of nitrogens with zero attached hydrogens (tertiary/aromatic N) is 1. The summed E-state index contributed by atoms with van der Waals surface area (Å²) in [4.78, 5) is 13.4. The summed E-state index contributed by atoms with van der Waals surface area (Å²) in [7, 11) is 0. The van der Waals surface area contributed by atoms with Crippen molar-refractivity contribution >= 4 is 5.91 Å². The highest BCUT2D eigenvalue weighted by Gasteiger charge is 2.26. The number of rotatable bonds is 1. The highest BCUT2D eigenvalue weighted by atomic mass is 16.2. The molecule has 1 heterocycles. The molecule has 3 heteroatoms. The van der Waals surface area contributed by atoms with Crippen LogP contribution in [0.1, 0.15) is 27.2 Å². The Kier molecular flexibility index (Phi) is 3.31. The van der Waals surface area contributed by atoms with Crippen molar-refractivity contribution in [3.63, 3.8) is 0 Å². The van der Waals surface area contributed by atoms with Crippen LogP contribution in [0.4, 0.5) is 0 Å². The van der Waals surface area contributed by atoms with E-state index in [-0.39, 0.29) is 11.9 Å². The van der Waals surface area contributed by atoms with Crippen LogP contribution in [-0.2, 0) is 4.79 Å². The molecule has 3 nitrogen and oxygen atoms in total. The van der Waals surface area contributed by atoms with Crippen molar-refractivity contribution in [2.75, 3.05) is 13.1 Å². The van der Waals surface area contributed by atoms with Gasteiger partial charge in [-0.2, -0.15) is 0 Å². The van der Waals surface area contributed by atoms with Gasteiger partial charge in [0, 0.05) is 13.1 Å². The number of piperidine rings is 1. The lowest BCUT2D eigenvalue weighted by Gasteiger charge is -2.36. The lowest BCUT2D eigenvalue weighted by molar-refractivity contribution is -0.134. The Morgan fingerprint density at radius 2 is 2.08 bits per heavy atom. The van der Waals surface area contributed by atoms with Crippen LogP contribution in [0.3, 0.4) is 0 Å². The number of carbonyl (C=O) groups excluding carboxylic acids is 1. The van der Waals surface area contributed by atoms with Gasteiger partial charge >= 0.3 is 0 Å². The zero-order valence-corrected chi connectivity index (χ0v) is 8.79. The Hall–Kier alpha value is -0.570. The maximum absolute atomic E-state index is 11.6. The summed E-state index contributed by atoms with van der Waals surface area (Å²) in [6.45, 7) is 7.96. The van der Waals surface area contributed by atoms with Gasteiger partial charge in [0.15, 0.2) is 0 Å². The van der Waals surface area contributed by atoms with E-state index in [2.05, 4.69) is 13.8 Å². The van der Waals surface area contributed by atoms with E-state index in [1.165, 1.54) is 0 Å². The standard InChI is InChI=1S/C10H20N2O/c1-7-4-5-12(6-8(7)2)10(13)9(3)11/h7-9H,4-6,11H2,1-3H3. The van der Waals surface area contributed by atoms with Crippen LogP contribution in [-0.4, -0.2) is 29.9 Å². The SMILES string of the molecule is CC(N)C(=O)N1CCC(C)C(C)C1. The molecule has 1 amide bonds. The van der Waals surface area contributed by atoms with E-state index in [4.69, 9.17) is 5.73 Å². The molecule has 0 aromatic heterocycles. The average molecular weight is 184 g/mol. The van der Waals surface area contributed by atoms with Crippen LogP contribution in [0.15, 0.2) is 0 Å². The highest BCUT2D eigenvalue weighted by molar-refractivity contribution is 5.81. The Labute approximate surface area is 80.3 Å². The van der Waals surface area contributed by atoms with Crippen LogP contribution < -0.4 is 5.73 Å². The van der Waals surface area contributed by atoms with Gasteiger partial charge in [-0.15, -0.1) is 0 Å². The molecule has 0 radical (unpaired) electrons. The molecule has 3 unspecified atom stereocenters. The minimum atomic E-state index is -0.347. The average Bonchev–Trinajstić information content (AvgIpc) is 2.08. The molecule has 0 aromatic rings. The van der Waals surface area contributed by atoms with Gasteiger partial charge in [-0.25, -0.2) is 0 Å². The van der Waals surface area contributed by atoms with Gasteiger partial charge < -0.3 is 10.6 Å². The summed E-state index contributed by atoms with van der Waals surface area (Å²) in [6.07, 6.45) is 1.11. The zero-order valence-electron chi connectivity index (χ0n) is 8.79. The lowest BCUT2D eigenvalue weighted by Crippen LogP contribution is -2.48. The van der Waals surface area contributed by atoms with Crippen LogP contribution in [0, 0.1) is 11.8 Å². The van der Waals surface area contributed by atoms with E-state index in [0.29, 0.717) is 5.92 Å². The Morgan fingerprint density at radius 1 is 1.46 bits per heavy atom. The normalized spacial score (nSPS) is 31.5. The fourth-order valence-electron chi connectivity index (χ4n) is 1.75. The summed E-state index contributed by atoms with van der Waals surface area (Å²) in [5.74, 6) is 1.44. The molecule has 0 saturated carbocycles. The van der Waals surface area contributed by atoms with Crippen LogP contribution in [0.25, 0.3) is 0 Å². The van der Waals surface area contributed by atoms with Gasteiger partial charge in [0.2, 0.25) is 5.91 Å². The van der Waals surface area contributed by atoms with Crippen LogP contribution in [0.2, 0.25) is 0 Å². The van der Waals surface area contributed by atoms with Gasteiger partial charge in [-0.3, -0.25) is 4.79 Å². The second-order valence-electron chi connectivity index (χ2n) is 4.32. The van der Waals surface area contributed by atoms with Crippen molar-refractivity contribution in [2.45, 2.75) is 33.2 Å². The molecule has 1 fully saturated rings.